The van der Waals surface area contributed by atoms with E-state index in [1.54, 1.807) is 18.3 Å². The minimum absolute atomic E-state index is 0.0331. The van der Waals surface area contributed by atoms with E-state index in [1.165, 1.54) is 6.33 Å². The quantitative estimate of drug-likeness (QED) is 0.124. The fraction of sp³-hybridized carbons (Fsp3) is 0.343. The minimum atomic E-state index is -0.925. The lowest BCUT2D eigenvalue weighted by Gasteiger charge is -2.24. The van der Waals surface area contributed by atoms with Gasteiger partial charge in [0, 0.05) is 30.5 Å². The van der Waals surface area contributed by atoms with Crippen LogP contribution in [-0.4, -0.2) is 45.9 Å². The van der Waals surface area contributed by atoms with E-state index in [-0.39, 0.29) is 24.0 Å². The Morgan fingerprint density at radius 1 is 0.884 bits per heavy atom. The van der Waals surface area contributed by atoms with Crippen LogP contribution in [0.4, 0.5) is 0 Å². The smallest absolute Gasteiger partial charge is 0.243 e. The molecule has 3 atom stereocenters. The Labute approximate surface area is 252 Å². The summed E-state index contributed by atoms with van der Waals surface area (Å²) >= 11 is 0. The molecule has 4 aromatic rings. The first-order chi connectivity index (χ1) is 20.8. The minimum Gasteiger partial charge on any atom is -0.351 e. The van der Waals surface area contributed by atoms with Crippen molar-refractivity contribution in [2.45, 2.75) is 64.5 Å². The molecule has 224 valence electrons. The Kier molecular flexibility index (Phi) is 11.4. The van der Waals surface area contributed by atoms with E-state index >= 15 is 0 Å². The fourth-order valence-corrected chi connectivity index (χ4v) is 5.39. The van der Waals surface area contributed by atoms with Crippen molar-refractivity contribution < 1.29 is 19.2 Å². The molecule has 4 rings (SSSR count). The van der Waals surface area contributed by atoms with Gasteiger partial charge in [0.1, 0.15) is 12.3 Å². The predicted octanol–water partition coefficient (Wildman–Crippen LogP) is 5.23. The summed E-state index contributed by atoms with van der Waals surface area (Å²) in [4.78, 5) is 58.9. The molecule has 0 aliphatic heterocycles. The van der Waals surface area contributed by atoms with Crippen LogP contribution in [0.2, 0.25) is 0 Å². The monoisotopic (exact) mass is 580 g/mol. The topological polar surface area (TPSA) is 121 Å². The standard InChI is InChI=1S/C35H40N4O4/c1-24(2)18-30(22-40)38-35(43)32(20-29-21-36-23-37-29)39-34(42)28(15-9-17-33(41)26-11-4-3-5-12-26)19-27-14-8-13-25-10-6-7-16-31(25)27/h3-8,10-14,16,21-24,28,30,32H,9,15,17-20H2,1-2H3,(H,36,37)(H,38,43)(H,39,42)/t28?,30-,32-/m0/s1. The Balaban J connectivity index is 1.54. The van der Waals surface area contributed by atoms with Gasteiger partial charge in [-0.05, 0) is 47.9 Å². The highest BCUT2D eigenvalue weighted by molar-refractivity contribution is 5.96. The Bertz CT molecular complexity index is 1500. The molecule has 1 unspecified atom stereocenters. The van der Waals surface area contributed by atoms with Gasteiger partial charge in [-0.2, -0.15) is 0 Å². The predicted molar refractivity (Wildman–Crippen MR) is 167 cm³/mol. The Hall–Kier alpha value is -4.59. The number of nitrogens with zero attached hydrogens (tertiary/aromatic N) is 1. The number of amides is 2. The molecule has 0 saturated heterocycles. The lowest BCUT2D eigenvalue weighted by molar-refractivity contribution is -0.132. The van der Waals surface area contributed by atoms with Crippen LogP contribution in [0.15, 0.2) is 85.3 Å². The zero-order valence-corrected chi connectivity index (χ0v) is 24.8. The molecule has 1 heterocycles. The van der Waals surface area contributed by atoms with E-state index < -0.39 is 23.9 Å². The summed E-state index contributed by atoms with van der Waals surface area (Å²) in [5.41, 5.74) is 2.30. The van der Waals surface area contributed by atoms with Crippen LogP contribution < -0.4 is 10.6 Å². The van der Waals surface area contributed by atoms with Gasteiger partial charge in [-0.25, -0.2) is 4.98 Å². The summed E-state index contributed by atoms with van der Waals surface area (Å²) < 4.78 is 0. The van der Waals surface area contributed by atoms with Gasteiger partial charge in [0.05, 0.1) is 18.1 Å². The van der Waals surface area contributed by atoms with Crippen LogP contribution in [0.5, 0.6) is 0 Å². The highest BCUT2D eigenvalue weighted by atomic mass is 16.2. The molecule has 43 heavy (non-hydrogen) atoms. The summed E-state index contributed by atoms with van der Waals surface area (Å²) in [5.74, 6) is -0.953. The molecule has 2 amide bonds. The van der Waals surface area contributed by atoms with E-state index in [0.717, 1.165) is 22.6 Å². The van der Waals surface area contributed by atoms with Crippen LogP contribution >= 0.6 is 0 Å². The summed E-state index contributed by atoms with van der Waals surface area (Å²) in [6.07, 6.45) is 6.36. The van der Waals surface area contributed by atoms with E-state index in [0.29, 0.717) is 43.4 Å². The van der Waals surface area contributed by atoms with Crippen LogP contribution in [0, 0.1) is 11.8 Å². The number of aromatic nitrogens is 2. The number of H-pyrrole nitrogens is 1. The maximum absolute atomic E-state index is 13.9. The molecule has 1 aromatic heterocycles. The highest BCUT2D eigenvalue weighted by Gasteiger charge is 2.28. The largest absolute Gasteiger partial charge is 0.351 e. The van der Waals surface area contributed by atoms with Gasteiger partial charge in [0.25, 0.3) is 0 Å². The molecular formula is C35H40N4O4. The van der Waals surface area contributed by atoms with E-state index in [2.05, 4.69) is 20.6 Å². The Morgan fingerprint density at radius 2 is 1.63 bits per heavy atom. The molecule has 8 nitrogen and oxygen atoms in total. The second kappa shape index (κ2) is 15.6. The van der Waals surface area contributed by atoms with E-state index in [1.807, 2.05) is 74.5 Å². The molecule has 0 saturated carbocycles. The number of ketones is 1. The number of benzene rings is 3. The lowest BCUT2D eigenvalue weighted by Crippen LogP contribution is -2.52. The van der Waals surface area contributed by atoms with Gasteiger partial charge in [-0.3, -0.25) is 14.4 Å². The van der Waals surface area contributed by atoms with Crippen molar-refractivity contribution in [2.24, 2.45) is 11.8 Å². The number of hydrogen-bond acceptors (Lipinski definition) is 5. The number of aldehydes is 1. The number of fused-ring (bicyclic) bond motifs is 1. The van der Waals surface area contributed by atoms with Gasteiger partial charge in [-0.15, -0.1) is 0 Å². The van der Waals surface area contributed by atoms with Crippen LogP contribution in [0.3, 0.4) is 0 Å². The second-order valence-corrected chi connectivity index (χ2v) is 11.4. The number of aromatic amines is 1. The number of hydrogen-bond donors (Lipinski definition) is 3. The molecule has 0 aliphatic carbocycles. The van der Waals surface area contributed by atoms with Crippen LogP contribution in [-0.2, 0) is 27.2 Å². The van der Waals surface area contributed by atoms with Crippen molar-refractivity contribution >= 4 is 34.7 Å². The summed E-state index contributed by atoms with van der Waals surface area (Å²) in [5, 5.41) is 7.92. The van der Waals surface area contributed by atoms with Gasteiger partial charge >= 0.3 is 0 Å². The first-order valence-corrected chi connectivity index (χ1v) is 14.9. The third-order valence-electron chi connectivity index (χ3n) is 7.59. The SMILES string of the molecule is CC(C)C[C@@H](C=O)NC(=O)[C@H](Cc1c[nH]cn1)NC(=O)C(CCCC(=O)c1ccccc1)Cc1cccc2ccccc12. The Morgan fingerprint density at radius 3 is 2.35 bits per heavy atom. The number of carbonyl (C=O) groups is 4. The first kappa shape index (κ1) is 31.3. The number of rotatable bonds is 16. The zero-order valence-electron chi connectivity index (χ0n) is 24.8. The van der Waals surface area contributed by atoms with Gasteiger partial charge in [0.2, 0.25) is 11.8 Å². The molecule has 0 radical (unpaired) electrons. The molecule has 8 heteroatoms. The molecule has 3 N–H and O–H groups in total. The van der Waals surface area contributed by atoms with Crippen LogP contribution in [0.25, 0.3) is 10.8 Å². The maximum Gasteiger partial charge on any atom is 0.243 e. The third kappa shape index (κ3) is 9.20. The molecule has 0 bridgehead atoms. The molecule has 0 fully saturated rings. The van der Waals surface area contributed by atoms with Crippen molar-refractivity contribution in [2.75, 3.05) is 0 Å². The van der Waals surface area contributed by atoms with Crippen LogP contribution in [0.1, 0.15) is 61.1 Å². The summed E-state index contributed by atoms with van der Waals surface area (Å²) in [6, 6.07) is 21.6. The van der Waals surface area contributed by atoms with Gasteiger partial charge in [-0.1, -0.05) is 86.6 Å². The number of nitrogens with one attached hydrogen (secondary N) is 3. The van der Waals surface area contributed by atoms with Crippen molar-refractivity contribution in [1.82, 2.24) is 20.6 Å². The average Bonchev–Trinajstić information content (AvgIpc) is 3.53. The maximum atomic E-state index is 13.9. The third-order valence-corrected chi connectivity index (χ3v) is 7.59. The summed E-state index contributed by atoms with van der Waals surface area (Å²) in [7, 11) is 0. The highest BCUT2D eigenvalue weighted by Crippen LogP contribution is 2.24. The zero-order chi connectivity index (χ0) is 30.6. The molecule has 0 spiro atoms. The molecule has 3 aromatic carbocycles. The van der Waals surface area contributed by atoms with E-state index in [9.17, 15) is 19.2 Å². The summed E-state index contributed by atoms with van der Waals surface area (Å²) in [6.45, 7) is 3.96. The lowest BCUT2D eigenvalue weighted by atomic mass is 9.89. The fourth-order valence-electron chi connectivity index (χ4n) is 5.39. The first-order valence-electron chi connectivity index (χ1n) is 14.9. The molecular weight excluding hydrogens is 540 g/mol. The molecule has 0 aliphatic rings. The number of carbonyl (C=O) groups excluding carboxylic acids is 4. The van der Waals surface area contributed by atoms with Gasteiger partial charge in [0.15, 0.2) is 5.78 Å². The van der Waals surface area contributed by atoms with E-state index in [4.69, 9.17) is 0 Å². The van der Waals surface area contributed by atoms with Crippen molar-refractivity contribution in [3.63, 3.8) is 0 Å². The normalized spacial score (nSPS) is 13.3. The van der Waals surface area contributed by atoms with Crippen molar-refractivity contribution in [3.8, 4) is 0 Å². The van der Waals surface area contributed by atoms with Crippen molar-refractivity contribution in [1.29, 1.82) is 0 Å². The number of Topliss-reactive ketones (excluding diaryl/α,β-unsaturated/α-hetero) is 1. The number of imidazole rings is 1. The van der Waals surface area contributed by atoms with Crippen molar-refractivity contribution in [3.05, 3.63) is 102 Å². The average molecular weight is 581 g/mol. The van der Waals surface area contributed by atoms with Gasteiger partial charge < -0.3 is 20.4 Å². The second-order valence-electron chi connectivity index (χ2n) is 11.4.